The summed E-state index contributed by atoms with van der Waals surface area (Å²) >= 11 is 5.28. The molecule has 0 heterocycles. The second-order valence-electron chi connectivity index (χ2n) is 8.71. The first-order valence-electron chi connectivity index (χ1n) is 12.5. The first-order valence-corrected chi connectivity index (χ1v) is 12.9. The number of nitrogens with one attached hydrogen (secondary N) is 2. The molecule has 4 nitrogen and oxygen atoms in total. The molecule has 0 spiro atoms. The first kappa shape index (κ1) is 27.4. The largest absolute Gasteiger partial charge is 0.378 e. The first-order chi connectivity index (χ1) is 15.1. The Hall–Kier alpha value is -1.62. The lowest BCUT2D eigenvalue weighted by Crippen LogP contribution is -2.32. The summed E-state index contributed by atoms with van der Waals surface area (Å²) in [6, 6.07) is 8.25. The van der Waals surface area contributed by atoms with E-state index in [2.05, 4.69) is 39.8 Å². The Morgan fingerprint density at radius 2 is 1.29 bits per heavy atom. The summed E-state index contributed by atoms with van der Waals surface area (Å²) in [5.41, 5.74) is 5.12. The maximum atomic E-state index is 5.28. The Morgan fingerprint density at radius 1 is 0.806 bits per heavy atom. The summed E-state index contributed by atoms with van der Waals surface area (Å²) in [4.78, 5) is 2.08. The molecule has 0 saturated heterocycles. The van der Waals surface area contributed by atoms with E-state index in [0.717, 1.165) is 18.5 Å². The van der Waals surface area contributed by atoms with E-state index in [1.165, 1.54) is 89.2 Å². The van der Waals surface area contributed by atoms with Gasteiger partial charge in [-0.2, -0.15) is 5.10 Å². The van der Waals surface area contributed by atoms with Gasteiger partial charge in [-0.25, -0.2) is 0 Å². The molecule has 1 rings (SSSR count). The number of unbranched alkanes of at least 4 members (excludes halogenated alkanes) is 13. The maximum absolute atomic E-state index is 5.28. The van der Waals surface area contributed by atoms with Crippen LogP contribution in [0.2, 0.25) is 0 Å². The molecule has 0 amide bonds. The molecule has 0 saturated carbocycles. The predicted octanol–water partition coefficient (Wildman–Crippen LogP) is 7.03. The molecule has 1 aromatic rings. The van der Waals surface area contributed by atoms with E-state index in [1.54, 1.807) is 6.21 Å². The molecule has 0 aliphatic rings. The Bertz CT molecular complexity index is 584. The lowest BCUT2D eigenvalue weighted by Gasteiger charge is -2.11. The zero-order valence-electron chi connectivity index (χ0n) is 20.3. The van der Waals surface area contributed by atoms with Gasteiger partial charge in [0, 0.05) is 26.3 Å². The van der Waals surface area contributed by atoms with Gasteiger partial charge < -0.3 is 10.2 Å². The van der Waals surface area contributed by atoms with Gasteiger partial charge in [-0.15, -0.1) is 0 Å². The van der Waals surface area contributed by atoms with Crippen molar-refractivity contribution in [1.82, 2.24) is 10.7 Å². The number of hydrogen-bond donors (Lipinski definition) is 2. The van der Waals surface area contributed by atoms with Crippen LogP contribution in [0.4, 0.5) is 5.69 Å². The van der Waals surface area contributed by atoms with Crippen molar-refractivity contribution in [1.29, 1.82) is 0 Å². The molecule has 0 aliphatic carbocycles. The number of nitrogens with zero attached hydrogens (tertiary/aromatic N) is 2. The van der Waals surface area contributed by atoms with Crippen molar-refractivity contribution in [2.24, 2.45) is 5.10 Å². The summed E-state index contributed by atoms with van der Waals surface area (Å²) in [6.07, 6.45) is 21.1. The summed E-state index contributed by atoms with van der Waals surface area (Å²) < 4.78 is 0. The Kier molecular flexibility index (Phi) is 16.9. The molecule has 0 radical (unpaired) electrons. The fraction of sp³-hybridized carbons (Fsp3) is 0.692. The molecule has 0 aliphatic heterocycles. The molecule has 0 atom stereocenters. The standard InChI is InChI=1S/C26H46N4S/c1-4-5-6-7-8-9-10-11-12-13-14-15-16-17-22-27-26(31)29-28-23-24-18-20-25(21-19-24)30(2)3/h18-21,23H,4-17,22H2,1-3H3,(H2,27,29,31). The average molecular weight is 447 g/mol. The minimum atomic E-state index is 0.593. The van der Waals surface area contributed by atoms with Crippen molar-refractivity contribution < 1.29 is 0 Å². The van der Waals surface area contributed by atoms with Gasteiger partial charge >= 0.3 is 0 Å². The molecule has 5 heteroatoms. The molecule has 0 unspecified atom stereocenters. The van der Waals surface area contributed by atoms with Crippen LogP contribution in [0.15, 0.2) is 29.4 Å². The molecule has 0 fully saturated rings. The van der Waals surface area contributed by atoms with Crippen LogP contribution in [-0.2, 0) is 0 Å². The summed E-state index contributed by atoms with van der Waals surface area (Å²) in [5, 5.41) is 8.04. The highest BCUT2D eigenvalue weighted by molar-refractivity contribution is 7.80. The highest BCUT2D eigenvalue weighted by atomic mass is 32.1. The molecule has 1 aromatic carbocycles. The van der Waals surface area contributed by atoms with Crippen molar-refractivity contribution in [3.05, 3.63) is 29.8 Å². The maximum Gasteiger partial charge on any atom is 0.186 e. The van der Waals surface area contributed by atoms with Crippen LogP contribution in [0.5, 0.6) is 0 Å². The Labute approximate surface area is 197 Å². The van der Waals surface area contributed by atoms with Crippen LogP contribution in [0.3, 0.4) is 0 Å². The van der Waals surface area contributed by atoms with E-state index in [1.807, 2.05) is 26.2 Å². The van der Waals surface area contributed by atoms with Crippen molar-refractivity contribution >= 4 is 29.2 Å². The van der Waals surface area contributed by atoms with Crippen molar-refractivity contribution in [3.63, 3.8) is 0 Å². The topological polar surface area (TPSA) is 39.7 Å². The third-order valence-electron chi connectivity index (χ3n) is 5.61. The van der Waals surface area contributed by atoms with Crippen LogP contribution >= 0.6 is 12.2 Å². The Morgan fingerprint density at radius 3 is 1.77 bits per heavy atom. The minimum absolute atomic E-state index is 0.593. The van der Waals surface area contributed by atoms with Gasteiger partial charge in [0.2, 0.25) is 0 Å². The van der Waals surface area contributed by atoms with Gasteiger partial charge in [0.15, 0.2) is 5.11 Å². The van der Waals surface area contributed by atoms with Gasteiger partial charge in [0.1, 0.15) is 0 Å². The fourth-order valence-electron chi connectivity index (χ4n) is 3.58. The Balaban J connectivity index is 1.89. The van der Waals surface area contributed by atoms with Gasteiger partial charge in [-0.05, 0) is 36.3 Å². The zero-order chi connectivity index (χ0) is 22.6. The van der Waals surface area contributed by atoms with Gasteiger partial charge in [-0.1, -0.05) is 103 Å². The van der Waals surface area contributed by atoms with Crippen LogP contribution in [0, 0.1) is 0 Å². The number of hydrogen-bond acceptors (Lipinski definition) is 3. The van der Waals surface area contributed by atoms with Crippen LogP contribution in [0.25, 0.3) is 0 Å². The number of benzene rings is 1. The highest BCUT2D eigenvalue weighted by Gasteiger charge is 1.97. The van der Waals surface area contributed by atoms with Crippen LogP contribution in [-0.4, -0.2) is 32.0 Å². The van der Waals surface area contributed by atoms with Gasteiger partial charge in [0.25, 0.3) is 0 Å². The second kappa shape index (κ2) is 19.1. The summed E-state index contributed by atoms with van der Waals surface area (Å²) in [6.45, 7) is 3.20. The van der Waals surface area contributed by atoms with E-state index >= 15 is 0 Å². The lowest BCUT2D eigenvalue weighted by molar-refractivity contribution is 0.535. The summed E-state index contributed by atoms with van der Waals surface area (Å²) in [5.74, 6) is 0. The quantitative estimate of drug-likeness (QED) is 0.110. The molecular formula is C26H46N4S. The third-order valence-corrected chi connectivity index (χ3v) is 5.84. The number of rotatable bonds is 18. The molecule has 176 valence electrons. The zero-order valence-corrected chi connectivity index (χ0v) is 21.1. The highest BCUT2D eigenvalue weighted by Crippen LogP contribution is 2.13. The molecule has 0 aromatic heterocycles. The van der Waals surface area contributed by atoms with Crippen LogP contribution < -0.4 is 15.6 Å². The van der Waals surface area contributed by atoms with Crippen molar-refractivity contribution in [3.8, 4) is 0 Å². The molecular weight excluding hydrogens is 400 g/mol. The van der Waals surface area contributed by atoms with E-state index < -0.39 is 0 Å². The third kappa shape index (κ3) is 15.8. The monoisotopic (exact) mass is 446 g/mol. The lowest BCUT2D eigenvalue weighted by atomic mass is 10.0. The normalized spacial score (nSPS) is 11.1. The van der Waals surface area contributed by atoms with E-state index in [0.29, 0.717) is 5.11 Å². The number of anilines is 1. The van der Waals surface area contributed by atoms with Crippen molar-refractivity contribution in [2.45, 2.75) is 96.8 Å². The average Bonchev–Trinajstić information content (AvgIpc) is 2.76. The minimum Gasteiger partial charge on any atom is -0.378 e. The smallest absolute Gasteiger partial charge is 0.186 e. The molecule has 2 N–H and O–H groups in total. The molecule has 31 heavy (non-hydrogen) atoms. The predicted molar refractivity (Wildman–Crippen MR) is 142 cm³/mol. The van der Waals surface area contributed by atoms with E-state index in [-0.39, 0.29) is 0 Å². The van der Waals surface area contributed by atoms with Gasteiger partial charge in [0.05, 0.1) is 6.21 Å². The van der Waals surface area contributed by atoms with E-state index in [4.69, 9.17) is 12.2 Å². The molecule has 0 bridgehead atoms. The van der Waals surface area contributed by atoms with Gasteiger partial charge in [-0.3, -0.25) is 5.43 Å². The van der Waals surface area contributed by atoms with Crippen molar-refractivity contribution in [2.75, 3.05) is 25.5 Å². The number of hydrazone groups is 1. The second-order valence-corrected chi connectivity index (χ2v) is 9.12. The summed E-state index contributed by atoms with van der Waals surface area (Å²) in [7, 11) is 4.07. The van der Waals surface area contributed by atoms with Crippen LogP contribution in [0.1, 0.15) is 102 Å². The SMILES string of the molecule is CCCCCCCCCCCCCCCCNC(=S)NN=Cc1ccc(N(C)C)cc1. The van der Waals surface area contributed by atoms with E-state index in [9.17, 15) is 0 Å². The fourth-order valence-corrected chi connectivity index (χ4v) is 3.74. The number of thiocarbonyl (C=S) groups is 1.